The van der Waals surface area contributed by atoms with Crippen LogP contribution < -0.4 is 5.73 Å². The lowest BCUT2D eigenvalue weighted by Crippen LogP contribution is -2.56. The largest absolute Gasteiger partial charge is 0.377 e. The van der Waals surface area contributed by atoms with Crippen LogP contribution in [0, 0.1) is 5.92 Å². The van der Waals surface area contributed by atoms with Crippen LogP contribution in [0.3, 0.4) is 0 Å². The van der Waals surface area contributed by atoms with Crippen LogP contribution in [0.2, 0.25) is 0 Å². The Hall–Kier alpha value is -0.610. The van der Waals surface area contributed by atoms with Crippen molar-refractivity contribution in [1.29, 1.82) is 0 Å². The molecule has 1 saturated carbocycles. The second-order valence-electron chi connectivity index (χ2n) is 6.32. The van der Waals surface area contributed by atoms with Crippen molar-refractivity contribution >= 4 is 5.91 Å². The van der Waals surface area contributed by atoms with Crippen molar-refractivity contribution in [2.24, 2.45) is 11.7 Å². The summed E-state index contributed by atoms with van der Waals surface area (Å²) >= 11 is 0. The summed E-state index contributed by atoms with van der Waals surface area (Å²) in [6.07, 6.45) is 5.24. The molecule has 2 rings (SSSR count). The van der Waals surface area contributed by atoms with Gasteiger partial charge >= 0.3 is 0 Å². The third kappa shape index (κ3) is 3.04. The van der Waals surface area contributed by atoms with Crippen molar-refractivity contribution in [3.05, 3.63) is 0 Å². The fraction of sp³-hybridized carbons (Fsp3) is 0.929. The van der Waals surface area contributed by atoms with Crippen LogP contribution >= 0.6 is 0 Å². The van der Waals surface area contributed by atoms with E-state index in [1.54, 1.807) is 0 Å². The average molecular weight is 254 g/mol. The fourth-order valence-corrected chi connectivity index (χ4v) is 3.14. The highest BCUT2D eigenvalue weighted by Gasteiger charge is 2.35. The third-order valence-electron chi connectivity index (χ3n) is 4.35. The summed E-state index contributed by atoms with van der Waals surface area (Å²) in [6.45, 7) is 6.16. The lowest BCUT2D eigenvalue weighted by Gasteiger charge is -2.43. The van der Waals surface area contributed by atoms with E-state index < -0.39 is 0 Å². The zero-order chi connectivity index (χ0) is 13.2. The average Bonchev–Trinajstić information content (AvgIpc) is 2.31. The molecule has 0 aromatic rings. The van der Waals surface area contributed by atoms with Gasteiger partial charge in [0.05, 0.1) is 18.8 Å². The molecule has 1 amide bonds. The molecule has 2 N–H and O–H groups in total. The Balaban J connectivity index is 1.94. The first-order chi connectivity index (χ1) is 8.50. The Morgan fingerprint density at radius 3 is 2.78 bits per heavy atom. The third-order valence-corrected chi connectivity index (χ3v) is 4.35. The van der Waals surface area contributed by atoms with E-state index >= 15 is 0 Å². The smallest absolute Gasteiger partial charge is 0.223 e. The van der Waals surface area contributed by atoms with Gasteiger partial charge < -0.3 is 15.4 Å². The maximum atomic E-state index is 12.4. The summed E-state index contributed by atoms with van der Waals surface area (Å²) in [5.41, 5.74) is 5.96. The Labute approximate surface area is 110 Å². The summed E-state index contributed by atoms with van der Waals surface area (Å²) in [6, 6.07) is 0.215. The number of amides is 1. The molecule has 2 aliphatic rings. The Bertz CT molecular complexity index is 304. The van der Waals surface area contributed by atoms with Gasteiger partial charge in [0, 0.05) is 19.0 Å². The minimum atomic E-state index is -0.173. The number of carbonyl (C=O) groups excluding carboxylic acids is 1. The van der Waals surface area contributed by atoms with Crippen LogP contribution in [0.1, 0.15) is 46.0 Å². The van der Waals surface area contributed by atoms with E-state index in [2.05, 4.69) is 13.8 Å². The van der Waals surface area contributed by atoms with Crippen LogP contribution in [0.25, 0.3) is 0 Å². The van der Waals surface area contributed by atoms with Gasteiger partial charge in [-0.3, -0.25) is 4.79 Å². The second kappa shape index (κ2) is 5.57. The first-order valence-electron chi connectivity index (χ1n) is 7.14. The summed E-state index contributed by atoms with van der Waals surface area (Å²) in [5.74, 6) is 0.635. The Morgan fingerprint density at radius 1 is 1.39 bits per heavy atom. The van der Waals surface area contributed by atoms with Crippen molar-refractivity contribution in [3.63, 3.8) is 0 Å². The molecular weight excluding hydrogens is 228 g/mol. The zero-order valence-electron chi connectivity index (χ0n) is 11.7. The van der Waals surface area contributed by atoms with Crippen molar-refractivity contribution in [3.8, 4) is 0 Å². The van der Waals surface area contributed by atoms with Crippen molar-refractivity contribution < 1.29 is 9.53 Å². The topological polar surface area (TPSA) is 55.6 Å². The number of rotatable bonds is 2. The number of carbonyl (C=O) groups is 1. The quantitative estimate of drug-likeness (QED) is 0.813. The molecule has 0 aromatic heterocycles. The summed E-state index contributed by atoms with van der Waals surface area (Å²) in [5, 5.41) is 0. The predicted octanol–water partition coefficient (Wildman–Crippen LogP) is 1.53. The molecule has 0 aromatic carbocycles. The number of morpholine rings is 1. The molecule has 2 atom stereocenters. The van der Waals surface area contributed by atoms with Gasteiger partial charge in [-0.05, 0) is 32.6 Å². The van der Waals surface area contributed by atoms with Crippen LogP contribution in [0.4, 0.5) is 0 Å². The van der Waals surface area contributed by atoms with Crippen molar-refractivity contribution in [2.75, 3.05) is 19.8 Å². The molecule has 0 spiro atoms. The first-order valence-corrected chi connectivity index (χ1v) is 7.14. The molecular formula is C14H26N2O2. The van der Waals surface area contributed by atoms with E-state index in [-0.39, 0.29) is 17.5 Å². The Kier molecular flexibility index (Phi) is 4.28. The molecule has 0 radical (unpaired) electrons. The molecule has 2 fully saturated rings. The van der Waals surface area contributed by atoms with Gasteiger partial charge in [-0.1, -0.05) is 12.8 Å². The van der Waals surface area contributed by atoms with Gasteiger partial charge in [-0.25, -0.2) is 0 Å². The van der Waals surface area contributed by atoms with Crippen LogP contribution in [0.15, 0.2) is 0 Å². The maximum Gasteiger partial charge on any atom is 0.223 e. The van der Waals surface area contributed by atoms with Crippen molar-refractivity contribution in [2.45, 2.75) is 57.5 Å². The summed E-state index contributed by atoms with van der Waals surface area (Å²) < 4.78 is 5.46. The number of ether oxygens (including phenoxy) is 1. The fourth-order valence-electron chi connectivity index (χ4n) is 3.14. The SMILES string of the molecule is CC1(C)COCCN1C(=O)CC1CCCCC1N. The normalized spacial score (nSPS) is 32.3. The van der Waals surface area contributed by atoms with Gasteiger partial charge in [-0.2, -0.15) is 0 Å². The number of nitrogens with two attached hydrogens (primary N) is 1. The number of hydrogen-bond donors (Lipinski definition) is 1. The van der Waals surface area contributed by atoms with Gasteiger partial charge in [0.25, 0.3) is 0 Å². The lowest BCUT2D eigenvalue weighted by molar-refractivity contribution is -0.147. The van der Waals surface area contributed by atoms with E-state index in [0.717, 1.165) is 12.8 Å². The minimum absolute atomic E-state index is 0.173. The molecule has 1 aliphatic heterocycles. The van der Waals surface area contributed by atoms with Gasteiger partial charge in [0.2, 0.25) is 5.91 Å². The van der Waals surface area contributed by atoms with E-state index in [0.29, 0.717) is 32.1 Å². The molecule has 104 valence electrons. The van der Waals surface area contributed by atoms with Gasteiger partial charge in [0.1, 0.15) is 0 Å². The minimum Gasteiger partial charge on any atom is -0.377 e. The Morgan fingerprint density at radius 2 is 2.11 bits per heavy atom. The molecule has 1 heterocycles. The summed E-state index contributed by atoms with van der Waals surface area (Å²) in [4.78, 5) is 14.4. The van der Waals surface area contributed by atoms with Crippen LogP contribution in [-0.2, 0) is 9.53 Å². The summed E-state index contributed by atoms with van der Waals surface area (Å²) in [7, 11) is 0. The molecule has 0 bridgehead atoms. The maximum absolute atomic E-state index is 12.4. The highest BCUT2D eigenvalue weighted by molar-refractivity contribution is 5.77. The van der Waals surface area contributed by atoms with E-state index in [9.17, 15) is 4.79 Å². The number of hydrogen-bond acceptors (Lipinski definition) is 3. The van der Waals surface area contributed by atoms with Crippen LogP contribution in [0.5, 0.6) is 0 Å². The zero-order valence-corrected chi connectivity index (χ0v) is 11.7. The molecule has 1 aliphatic carbocycles. The second-order valence-corrected chi connectivity index (χ2v) is 6.32. The van der Waals surface area contributed by atoms with Gasteiger partial charge in [0.15, 0.2) is 0 Å². The van der Waals surface area contributed by atoms with Crippen molar-refractivity contribution in [1.82, 2.24) is 4.90 Å². The number of nitrogens with zero attached hydrogens (tertiary/aromatic N) is 1. The van der Waals surface area contributed by atoms with E-state index in [1.165, 1.54) is 12.8 Å². The monoisotopic (exact) mass is 254 g/mol. The standard InChI is InChI=1S/C14H26N2O2/c1-14(2)10-18-8-7-16(14)13(17)9-11-5-3-4-6-12(11)15/h11-12H,3-10,15H2,1-2H3. The molecule has 2 unspecified atom stereocenters. The first kappa shape index (κ1) is 13.8. The predicted molar refractivity (Wildman–Crippen MR) is 71.2 cm³/mol. The highest BCUT2D eigenvalue weighted by Crippen LogP contribution is 2.28. The van der Waals surface area contributed by atoms with Gasteiger partial charge in [-0.15, -0.1) is 0 Å². The molecule has 18 heavy (non-hydrogen) atoms. The highest BCUT2D eigenvalue weighted by atomic mass is 16.5. The molecule has 4 nitrogen and oxygen atoms in total. The lowest BCUT2D eigenvalue weighted by atomic mass is 9.82. The molecule has 4 heteroatoms. The van der Waals surface area contributed by atoms with Crippen LogP contribution in [-0.4, -0.2) is 42.1 Å². The van der Waals surface area contributed by atoms with E-state index in [4.69, 9.17) is 10.5 Å². The van der Waals surface area contributed by atoms with E-state index in [1.807, 2.05) is 4.90 Å². The molecule has 1 saturated heterocycles.